The fourth-order valence-corrected chi connectivity index (χ4v) is 10.1. The first-order valence-corrected chi connectivity index (χ1v) is 24.0. The fraction of sp³-hybridized carbons (Fsp3) is 0.356. The number of hydrogen-bond donors (Lipinski definition) is 5. The Hall–Kier alpha value is -5.33. The molecular weight excluding hydrogens is 861 g/mol. The number of carboxylic acid groups (broad SMARTS) is 1. The Labute approximate surface area is 378 Å². The third kappa shape index (κ3) is 13.3. The highest BCUT2D eigenvalue weighted by Crippen LogP contribution is 2.32. The molecule has 2 aromatic carbocycles. The summed E-state index contributed by atoms with van der Waals surface area (Å²) in [5.41, 5.74) is 15.8. The summed E-state index contributed by atoms with van der Waals surface area (Å²) in [5, 5.41) is 23.5. The molecule has 2 saturated heterocycles. The standard InChI is InChI=1S/C20H22N4OS2.C17H27N3O2.C8H5NO2S2/c21-12-14-7-9-24(10-8-14)17-5-2-1-4-15(17)22-19(25)16-13-27-20(23-16)18-6-3-11-26-18;1-17(2,3)22-16(21)19-12-13-8-10-20(11-9-13)15-7-5-4-6-14(15)18;10-8(11)5-4-13-7(9-5)6-2-1-3-12-6/h1-6,11,13-14H,7-10,12,21H2,(H,22,25);4-7,13H,8-12,18H2,1-3H3,(H,19,21);1-4H,(H,10,11). The number of benzene rings is 2. The summed E-state index contributed by atoms with van der Waals surface area (Å²) in [7, 11) is 0. The number of aromatic carboxylic acids is 1. The van der Waals surface area contributed by atoms with E-state index in [1.54, 1.807) is 28.1 Å². The van der Waals surface area contributed by atoms with Crippen LogP contribution in [0.3, 0.4) is 0 Å². The Morgan fingerprint density at radius 2 is 1.27 bits per heavy atom. The molecule has 0 unspecified atom stereocenters. The molecule has 2 amide bonds. The van der Waals surface area contributed by atoms with Crippen molar-refractivity contribution in [1.29, 1.82) is 0 Å². The summed E-state index contributed by atoms with van der Waals surface area (Å²) >= 11 is 6.04. The maximum absolute atomic E-state index is 12.7. The van der Waals surface area contributed by atoms with E-state index >= 15 is 0 Å². The van der Waals surface area contributed by atoms with Gasteiger partial charge in [0.1, 0.15) is 21.3 Å². The molecule has 0 bridgehead atoms. The Morgan fingerprint density at radius 1 is 0.742 bits per heavy atom. The second kappa shape index (κ2) is 22.2. The van der Waals surface area contributed by atoms with Gasteiger partial charge in [0.2, 0.25) is 0 Å². The van der Waals surface area contributed by atoms with E-state index in [1.165, 1.54) is 22.7 Å². The molecule has 6 heterocycles. The van der Waals surface area contributed by atoms with E-state index < -0.39 is 11.6 Å². The number of rotatable bonds is 10. The van der Waals surface area contributed by atoms with Gasteiger partial charge >= 0.3 is 12.1 Å². The molecule has 17 heteroatoms. The number of ether oxygens (including phenoxy) is 1. The SMILES string of the molecule is CC(C)(C)OC(=O)NCC1CCN(c2ccccc2N)CC1.NCC1CCN(c2ccccc2NC(=O)c2csc(-c3cccs3)n2)CC1.O=C(O)c1csc(-c2cccs2)n1. The molecule has 7 N–H and O–H groups in total. The average Bonchev–Trinajstić information content (AvgIpc) is 4.12. The molecular formula is C45H54N8O5S4. The molecule has 0 saturated carbocycles. The Bertz CT molecular complexity index is 2320. The van der Waals surface area contributed by atoms with E-state index in [0.717, 1.165) is 101 Å². The van der Waals surface area contributed by atoms with Gasteiger partial charge in [0, 0.05) is 43.5 Å². The number of anilines is 4. The number of nitrogens with one attached hydrogen (secondary N) is 2. The van der Waals surface area contributed by atoms with Crippen molar-refractivity contribution in [3.8, 4) is 19.8 Å². The van der Waals surface area contributed by atoms with Crippen molar-refractivity contribution < 1.29 is 24.2 Å². The maximum Gasteiger partial charge on any atom is 0.407 e. The van der Waals surface area contributed by atoms with Crippen molar-refractivity contribution >= 4 is 86.1 Å². The molecule has 0 aliphatic carbocycles. The van der Waals surface area contributed by atoms with Crippen LogP contribution < -0.4 is 31.9 Å². The van der Waals surface area contributed by atoms with Crippen molar-refractivity contribution in [2.75, 3.05) is 60.1 Å². The summed E-state index contributed by atoms with van der Waals surface area (Å²) in [5.74, 6) is -0.0419. The number of carbonyl (C=O) groups is 3. The number of carboxylic acids is 1. The van der Waals surface area contributed by atoms with Gasteiger partial charge in [-0.05, 0) is 112 Å². The molecule has 62 heavy (non-hydrogen) atoms. The van der Waals surface area contributed by atoms with Crippen molar-refractivity contribution in [3.63, 3.8) is 0 Å². The second-order valence-corrected chi connectivity index (χ2v) is 19.5. The topological polar surface area (TPSA) is 189 Å². The van der Waals surface area contributed by atoms with Gasteiger partial charge in [0.15, 0.2) is 5.69 Å². The summed E-state index contributed by atoms with van der Waals surface area (Å²) in [6.07, 6.45) is 3.94. The highest BCUT2D eigenvalue weighted by Gasteiger charge is 2.24. The van der Waals surface area contributed by atoms with Crippen LogP contribution in [0.2, 0.25) is 0 Å². The first-order valence-electron chi connectivity index (χ1n) is 20.5. The molecule has 6 aromatic rings. The molecule has 328 valence electrons. The van der Waals surface area contributed by atoms with Crippen LogP contribution in [0.15, 0.2) is 94.3 Å². The fourth-order valence-electron chi connectivity index (χ4n) is 6.92. The number of nitrogen functional groups attached to an aromatic ring is 1. The number of para-hydroxylation sites is 4. The van der Waals surface area contributed by atoms with Gasteiger partial charge in [-0.1, -0.05) is 36.4 Å². The smallest absolute Gasteiger partial charge is 0.407 e. The van der Waals surface area contributed by atoms with Gasteiger partial charge in [-0.3, -0.25) is 4.79 Å². The van der Waals surface area contributed by atoms with Crippen LogP contribution in [0.25, 0.3) is 19.8 Å². The van der Waals surface area contributed by atoms with E-state index in [2.05, 4.69) is 42.5 Å². The van der Waals surface area contributed by atoms with E-state index in [-0.39, 0.29) is 17.7 Å². The molecule has 2 aliphatic heterocycles. The first-order chi connectivity index (χ1) is 29.9. The summed E-state index contributed by atoms with van der Waals surface area (Å²) < 4.78 is 5.26. The van der Waals surface area contributed by atoms with Crippen LogP contribution in [-0.4, -0.2) is 77.9 Å². The minimum Gasteiger partial charge on any atom is -0.476 e. The summed E-state index contributed by atoms with van der Waals surface area (Å²) in [4.78, 5) is 50.2. The van der Waals surface area contributed by atoms with E-state index in [4.69, 9.17) is 21.3 Å². The van der Waals surface area contributed by atoms with Crippen LogP contribution in [0, 0.1) is 11.8 Å². The number of thiazole rings is 2. The Balaban J connectivity index is 0.000000164. The molecule has 0 radical (unpaired) electrons. The first kappa shape index (κ1) is 46.2. The highest BCUT2D eigenvalue weighted by atomic mass is 32.1. The predicted octanol–water partition coefficient (Wildman–Crippen LogP) is 9.88. The number of piperidine rings is 2. The minimum absolute atomic E-state index is 0.119. The van der Waals surface area contributed by atoms with Crippen molar-refractivity contribution in [2.24, 2.45) is 17.6 Å². The van der Waals surface area contributed by atoms with Gasteiger partial charge in [-0.25, -0.2) is 19.6 Å². The lowest BCUT2D eigenvalue weighted by Crippen LogP contribution is -2.40. The maximum atomic E-state index is 12.7. The van der Waals surface area contributed by atoms with Crippen LogP contribution in [0.1, 0.15) is 67.4 Å². The number of amides is 2. The van der Waals surface area contributed by atoms with Crippen LogP contribution >= 0.6 is 45.3 Å². The number of thiophene rings is 2. The normalized spacial score (nSPS) is 14.5. The monoisotopic (exact) mass is 914 g/mol. The second-order valence-electron chi connectivity index (χ2n) is 15.8. The van der Waals surface area contributed by atoms with Crippen LogP contribution in [0.4, 0.5) is 27.5 Å². The lowest BCUT2D eigenvalue weighted by molar-refractivity contribution is 0.0516. The largest absolute Gasteiger partial charge is 0.476 e. The molecule has 2 fully saturated rings. The zero-order valence-corrected chi connectivity index (χ0v) is 38.4. The predicted molar refractivity (Wildman–Crippen MR) is 256 cm³/mol. The number of aromatic nitrogens is 2. The van der Waals surface area contributed by atoms with E-state index in [1.807, 2.05) is 97.6 Å². The summed E-state index contributed by atoms with van der Waals surface area (Å²) in [6, 6.07) is 23.8. The zero-order valence-electron chi connectivity index (χ0n) is 35.1. The average molecular weight is 915 g/mol. The highest BCUT2D eigenvalue weighted by molar-refractivity contribution is 7.20. The quantitative estimate of drug-likeness (QED) is 0.0823. The van der Waals surface area contributed by atoms with Gasteiger partial charge < -0.3 is 41.7 Å². The van der Waals surface area contributed by atoms with Crippen molar-refractivity contribution in [2.45, 2.75) is 52.1 Å². The van der Waals surface area contributed by atoms with Gasteiger partial charge in [-0.15, -0.1) is 45.3 Å². The zero-order chi connectivity index (χ0) is 44.1. The van der Waals surface area contributed by atoms with Crippen molar-refractivity contribution in [3.05, 3.63) is 106 Å². The lowest BCUT2D eigenvalue weighted by Gasteiger charge is -2.34. The van der Waals surface area contributed by atoms with Crippen LogP contribution in [0.5, 0.6) is 0 Å². The number of nitrogens with two attached hydrogens (primary N) is 2. The minimum atomic E-state index is -0.973. The molecule has 0 atom stereocenters. The lowest BCUT2D eigenvalue weighted by atomic mass is 9.96. The number of nitrogens with zero attached hydrogens (tertiary/aromatic N) is 4. The molecule has 8 rings (SSSR count). The van der Waals surface area contributed by atoms with Crippen molar-refractivity contribution in [1.82, 2.24) is 15.3 Å². The summed E-state index contributed by atoms with van der Waals surface area (Å²) in [6.45, 7) is 10.9. The van der Waals surface area contributed by atoms with Gasteiger partial charge in [-0.2, -0.15) is 0 Å². The van der Waals surface area contributed by atoms with Crippen LogP contribution in [-0.2, 0) is 4.74 Å². The third-order valence-corrected chi connectivity index (χ3v) is 14.0. The van der Waals surface area contributed by atoms with E-state index in [9.17, 15) is 14.4 Å². The van der Waals surface area contributed by atoms with E-state index in [0.29, 0.717) is 24.1 Å². The number of alkyl carbamates (subject to hydrolysis) is 1. The molecule has 4 aromatic heterocycles. The number of hydrogen-bond acceptors (Lipinski definition) is 14. The Kier molecular flexibility index (Phi) is 16.5. The van der Waals surface area contributed by atoms with Gasteiger partial charge in [0.25, 0.3) is 5.91 Å². The molecule has 0 spiro atoms. The molecule has 2 aliphatic rings. The Morgan fingerprint density at radius 3 is 1.81 bits per heavy atom. The molecule has 13 nitrogen and oxygen atoms in total. The third-order valence-electron chi connectivity index (χ3n) is 10.2. The van der Waals surface area contributed by atoms with Gasteiger partial charge in [0.05, 0.1) is 32.5 Å². The number of carbonyl (C=O) groups excluding carboxylic acids is 2.